The molecule has 0 aromatic heterocycles. The molecule has 2 rings (SSSR count). The van der Waals surface area contributed by atoms with E-state index in [2.05, 4.69) is 17.1 Å². The van der Waals surface area contributed by atoms with Crippen molar-refractivity contribution in [2.75, 3.05) is 24.5 Å². The fourth-order valence-electron chi connectivity index (χ4n) is 1.89. The molecule has 2 nitrogen and oxygen atoms in total. The number of halogens is 2. The molecule has 1 aliphatic heterocycles. The third-order valence-electron chi connectivity index (χ3n) is 2.74. The quantitative estimate of drug-likeness (QED) is 0.794. The third kappa shape index (κ3) is 2.24. The van der Waals surface area contributed by atoms with Crippen molar-refractivity contribution in [2.24, 2.45) is 0 Å². The number of nitrogens with zero attached hydrogens (tertiary/aromatic N) is 1. The minimum atomic E-state index is -0.358. The molecule has 1 fully saturated rings. The van der Waals surface area contributed by atoms with E-state index in [1.54, 1.807) is 12.1 Å². The summed E-state index contributed by atoms with van der Waals surface area (Å²) in [6, 6.07) is 5.31. The van der Waals surface area contributed by atoms with Crippen molar-refractivity contribution >= 4 is 17.3 Å². The number of anilines is 1. The van der Waals surface area contributed by atoms with Crippen molar-refractivity contribution in [1.82, 2.24) is 5.32 Å². The van der Waals surface area contributed by atoms with Crippen LogP contribution in [0.1, 0.15) is 6.92 Å². The van der Waals surface area contributed by atoms with Gasteiger partial charge in [0.15, 0.2) is 0 Å². The van der Waals surface area contributed by atoms with Crippen LogP contribution in [0.5, 0.6) is 0 Å². The van der Waals surface area contributed by atoms with Gasteiger partial charge in [-0.3, -0.25) is 0 Å². The second-order valence-corrected chi connectivity index (χ2v) is 4.25. The molecule has 0 radical (unpaired) electrons. The van der Waals surface area contributed by atoms with Crippen molar-refractivity contribution in [3.63, 3.8) is 0 Å². The first-order valence-electron chi connectivity index (χ1n) is 5.11. The van der Waals surface area contributed by atoms with E-state index in [-0.39, 0.29) is 10.8 Å². The van der Waals surface area contributed by atoms with Gasteiger partial charge in [-0.05, 0) is 25.1 Å². The van der Waals surface area contributed by atoms with Gasteiger partial charge in [0.25, 0.3) is 0 Å². The van der Waals surface area contributed by atoms with Gasteiger partial charge in [-0.15, -0.1) is 0 Å². The summed E-state index contributed by atoms with van der Waals surface area (Å²) in [6.45, 7) is 4.99. The molecule has 15 heavy (non-hydrogen) atoms. The van der Waals surface area contributed by atoms with Crippen LogP contribution in [-0.4, -0.2) is 25.7 Å². The third-order valence-corrected chi connectivity index (χ3v) is 3.03. The highest BCUT2D eigenvalue weighted by molar-refractivity contribution is 6.31. The minimum absolute atomic E-state index is 0.193. The summed E-state index contributed by atoms with van der Waals surface area (Å²) >= 11 is 5.76. The zero-order chi connectivity index (χ0) is 10.8. The van der Waals surface area contributed by atoms with Gasteiger partial charge in [0, 0.05) is 31.4 Å². The Morgan fingerprint density at radius 3 is 3.00 bits per heavy atom. The smallest absolute Gasteiger partial charge is 0.141 e. The Morgan fingerprint density at radius 2 is 2.33 bits per heavy atom. The van der Waals surface area contributed by atoms with Crippen molar-refractivity contribution in [3.05, 3.63) is 29.0 Å². The van der Waals surface area contributed by atoms with Crippen molar-refractivity contribution in [3.8, 4) is 0 Å². The largest absolute Gasteiger partial charge is 0.366 e. The second-order valence-electron chi connectivity index (χ2n) is 3.84. The highest BCUT2D eigenvalue weighted by Crippen LogP contribution is 2.24. The number of hydrogen-bond acceptors (Lipinski definition) is 2. The minimum Gasteiger partial charge on any atom is -0.366 e. The van der Waals surface area contributed by atoms with Crippen LogP contribution in [0.3, 0.4) is 0 Å². The number of piperazine rings is 1. The Bertz CT molecular complexity index is 356. The average molecular weight is 229 g/mol. The summed E-state index contributed by atoms with van der Waals surface area (Å²) in [6.07, 6.45) is 0. The molecule has 1 heterocycles. The molecule has 1 aliphatic rings. The normalized spacial score (nSPS) is 21.8. The molecular formula is C11H14ClFN2. The molecule has 1 unspecified atom stereocenters. The van der Waals surface area contributed by atoms with Crippen LogP contribution in [0.2, 0.25) is 5.02 Å². The monoisotopic (exact) mass is 228 g/mol. The topological polar surface area (TPSA) is 15.3 Å². The molecule has 0 bridgehead atoms. The van der Waals surface area contributed by atoms with Crippen molar-refractivity contribution in [1.29, 1.82) is 0 Å². The van der Waals surface area contributed by atoms with E-state index < -0.39 is 0 Å². The van der Waals surface area contributed by atoms with Crippen LogP contribution < -0.4 is 10.2 Å². The molecule has 4 heteroatoms. The van der Waals surface area contributed by atoms with Crippen molar-refractivity contribution in [2.45, 2.75) is 13.0 Å². The highest BCUT2D eigenvalue weighted by atomic mass is 35.5. The Balaban J connectivity index is 2.24. The summed E-state index contributed by atoms with van der Waals surface area (Å²) in [5, 5.41) is 3.50. The van der Waals surface area contributed by atoms with Gasteiger partial charge in [-0.25, -0.2) is 4.39 Å². The maximum absolute atomic E-state index is 13.0. The fourth-order valence-corrected chi connectivity index (χ4v) is 2.06. The molecule has 0 saturated carbocycles. The average Bonchev–Trinajstić information content (AvgIpc) is 2.23. The van der Waals surface area contributed by atoms with Crippen LogP contribution in [0.15, 0.2) is 18.2 Å². The molecule has 1 aromatic carbocycles. The lowest BCUT2D eigenvalue weighted by molar-refractivity contribution is 0.500. The Morgan fingerprint density at radius 1 is 1.53 bits per heavy atom. The number of hydrogen-bond donors (Lipinski definition) is 1. The standard InChI is InChI=1S/C11H14ClFN2/c1-8-7-14-4-5-15(8)9-2-3-11(13)10(12)6-9/h2-3,6,8,14H,4-5,7H2,1H3. The molecule has 1 atom stereocenters. The summed E-state index contributed by atoms with van der Waals surface area (Å²) in [7, 11) is 0. The van der Waals surface area contributed by atoms with E-state index >= 15 is 0 Å². The molecule has 1 N–H and O–H groups in total. The molecule has 0 spiro atoms. The van der Waals surface area contributed by atoms with Gasteiger partial charge < -0.3 is 10.2 Å². The lowest BCUT2D eigenvalue weighted by Gasteiger charge is -2.36. The first-order valence-corrected chi connectivity index (χ1v) is 5.48. The van der Waals surface area contributed by atoms with Gasteiger partial charge >= 0.3 is 0 Å². The Kier molecular flexibility index (Phi) is 3.12. The first-order chi connectivity index (χ1) is 7.18. The van der Waals surface area contributed by atoms with Gasteiger partial charge in [-0.1, -0.05) is 11.6 Å². The zero-order valence-corrected chi connectivity index (χ0v) is 9.39. The second kappa shape index (κ2) is 4.37. The van der Waals surface area contributed by atoms with Crippen LogP contribution in [0.4, 0.5) is 10.1 Å². The van der Waals surface area contributed by atoms with E-state index in [1.165, 1.54) is 6.07 Å². The van der Waals surface area contributed by atoms with E-state index in [0.717, 1.165) is 25.3 Å². The predicted octanol–water partition coefficient (Wildman–Crippen LogP) is 2.28. The van der Waals surface area contributed by atoms with E-state index in [9.17, 15) is 4.39 Å². The Labute approximate surface area is 94.0 Å². The molecule has 82 valence electrons. The Hall–Kier alpha value is -0.800. The zero-order valence-electron chi connectivity index (χ0n) is 8.63. The summed E-state index contributed by atoms with van der Waals surface area (Å²) in [5.41, 5.74) is 0.996. The lowest BCUT2D eigenvalue weighted by atomic mass is 10.2. The maximum Gasteiger partial charge on any atom is 0.141 e. The van der Waals surface area contributed by atoms with Crippen molar-refractivity contribution < 1.29 is 4.39 Å². The fraction of sp³-hybridized carbons (Fsp3) is 0.455. The summed E-state index contributed by atoms with van der Waals surface area (Å²) < 4.78 is 13.0. The van der Waals surface area contributed by atoms with E-state index in [1.807, 2.05) is 0 Å². The first kappa shape index (κ1) is 10.7. The lowest BCUT2D eigenvalue weighted by Crippen LogP contribution is -2.49. The number of benzene rings is 1. The van der Waals surface area contributed by atoms with Gasteiger partial charge in [0.1, 0.15) is 5.82 Å². The molecule has 0 amide bonds. The number of nitrogens with one attached hydrogen (secondary N) is 1. The molecular weight excluding hydrogens is 215 g/mol. The summed E-state index contributed by atoms with van der Waals surface area (Å²) in [5.74, 6) is -0.358. The van der Waals surface area contributed by atoms with E-state index in [0.29, 0.717) is 6.04 Å². The SMILES string of the molecule is CC1CNCCN1c1ccc(F)c(Cl)c1. The molecule has 0 aliphatic carbocycles. The van der Waals surface area contributed by atoms with Gasteiger partial charge in [0.2, 0.25) is 0 Å². The summed E-state index contributed by atoms with van der Waals surface area (Å²) in [4.78, 5) is 2.24. The maximum atomic E-state index is 13.0. The highest BCUT2D eigenvalue weighted by Gasteiger charge is 2.18. The van der Waals surface area contributed by atoms with E-state index in [4.69, 9.17) is 11.6 Å². The van der Waals surface area contributed by atoms with Crippen LogP contribution in [0, 0.1) is 5.82 Å². The van der Waals surface area contributed by atoms with Gasteiger partial charge in [-0.2, -0.15) is 0 Å². The van der Waals surface area contributed by atoms with Crippen LogP contribution >= 0.6 is 11.6 Å². The predicted molar refractivity (Wildman–Crippen MR) is 61.1 cm³/mol. The van der Waals surface area contributed by atoms with Gasteiger partial charge in [0.05, 0.1) is 5.02 Å². The number of rotatable bonds is 1. The van der Waals surface area contributed by atoms with Crippen LogP contribution in [0.25, 0.3) is 0 Å². The van der Waals surface area contributed by atoms with Crippen LogP contribution in [-0.2, 0) is 0 Å². The molecule has 1 saturated heterocycles. The molecule has 1 aromatic rings.